The predicted octanol–water partition coefficient (Wildman–Crippen LogP) is 11.5. The minimum Gasteiger partial charge on any atom is -0.294 e. The molecule has 262 valence electrons. The monoisotopic (exact) mass is 717 g/mol. The Balaban J connectivity index is 1.12. The molecule has 11 rings (SSSR count). The standard InChI is InChI=1S/C49H31N7/c1-3-16-32(17-4-1)40-31-45(55-41-26-11-7-22-36(41)37-23-8-12-27-42(37)55)51-47(50-40)34-20-15-21-35(30-34)48-52-46(33-18-5-2-6-19-33)53-49(54-48)56-43-28-13-9-24-38(43)39-25-10-14-29-44(39)56/h1-31H. The molecule has 0 fully saturated rings. The van der Waals surface area contributed by atoms with Crippen LogP contribution in [0.3, 0.4) is 0 Å². The Labute approximate surface area is 321 Å². The maximum atomic E-state index is 5.29. The summed E-state index contributed by atoms with van der Waals surface area (Å²) >= 11 is 0. The second-order valence-corrected chi connectivity index (χ2v) is 13.8. The number of hydrogen-bond donors (Lipinski definition) is 0. The molecular weight excluding hydrogens is 687 g/mol. The van der Waals surface area contributed by atoms with Crippen LogP contribution in [0.15, 0.2) is 188 Å². The van der Waals surface area contributed by atoms with Crippen LogP contribution in [0.5, 0.6) is 0 Å². The average Bonchev–Trinajstić information content (AvgIpc) is 3.80. The summed E-state index contributed by atoms with van der Waals surface area (Å²) in [4.78, 5) is 25.9. The molecule has 0 N–H and O–H groups in total. The Bertz CT molecular complexity index is 2930. The molecule has 11 aromatic rings. The van der Waals surface area contributed by atoms with Crippen LogP contribution in [0.1, 0.15) is 0 Å². The van der Waals surface area contributed by atoms with E-state index in [-0.39, 0.29) is 0 Å². The van der Waals surface area contributed by atoms with Gasteiger partial charge in [-0.3, -0.25) is 9.13 Å². The lowest BCUT2D eigenvalue weighted by molar-refractivity contribution is 0.953. The second-order valence-electron chi connectivity index (χ2n) is 13.8. The van der Waals surface area contributed by atoms with E-state index in [0.717, 1.165) is 66.6 Å². The van der Waals surface area contributed by atoms with Gasteiger partial charge in [0.1, 0.15) is 5.82 Å². The zero-order valence-corrected chi connectivity index (χ0v) is 30.0. The van der Waals surface area contributed by atoms with E-state index >= 15 is 0 Å². The average molecular weight is 718 g/mol. The van der Waals surface area contributed by atoms with Gasteiger partial charge in [-0.2, -0.15) is 9.97 Å². The molecule has 0 saturated carbocycles. The van der Waals surface area contributed by atoms with Gasteiger partial charge in [0.15, 0.2) is 17.5 Å². The Hall–Kier alpha value is -7.77. The molecule has 0 unspecified atom stereocenters. The zero-order valence-electron chi connectivity index (χ0n) is 30.0. The van der Waals surface area contributed by atoms with Crippen molar-refractivity contribution in [3.05, 3.63) is 188 Å². The van der Waals surface area contributed by atoms with Gasteiger partial charge >= 0.3 is 0 Å². The van der Waals surface area contributed by atoms with Gasteiger partial charge in [-0.05, 0) is 30.3 Å². The highest BCUT2D eigenvalue weighted by Crippen LogP contribution is 2.35. The number of benzene rings is 7. The van der Waals surface area contributed by atoms with Crippen molar-refractivity contribution in [2.75, 3.05) is 0 Å². The van der Waals surface area contributed by atoms with Crippen LogP contribution >= 0.6 is 0 Å². The zero-order chi connectivity index (χ0) is 37.0. The van der Waals surface area contributed by atoms with Crippen molar-refractivity contribution in [3.63, 3.8) is 0 Å². The van der Waals surface area contributed by atoms with E-state index in [1.807, 2.05) is 60.7 Å². The molecule has 0 aliphatic rings. The fourth-order valence-electron chi connectivity index (χ4n) is 7.85. The van der Waals surface area contributed by atoms with Crippen molar-refractivity contribution in [1.29, 1.82) is 0 Å². The molecule has 4 heterocycles. The van der Waals surface area contributed by atoms with Gasteiger partial charge in [0.2, 0.25) is 5.95 Å². The predicted molar refractivity (Wildman–Crippen MR) is 226 cm³/mol. The van der Waals surface area contributed by atoms with E-state index in [1.54, 1.807) is 0 Å². The topological polar surface area (TPSA) is 74.3 Å². The molecule has 7 aromatic carbocycles. The van der Waals surface area contributed by atoms with Crippen molar-refractivity contribution in [2.45, 2.75) is 0 Å². The second kappa shape index (κ2) is 13.0. The highest BCUT2D eigenvalue weighted by molar-refractivity contribution is 6.10. The molecule has 0 spiro atoms. The first kappa shape index (κ1) is 31.7. The Kier molecular flexibility index (Phi) is 7.35. The Morgan fingerprint density at radius 1 is 0.286 bits per heavy atom. The maximum absolute atomic E-state index is 5.29. The summed E-state index contributed by atoms with van der Waals surface area (Å²) in [6.07, 6.45) is 0. The lowest BCUT2D eigenvalue weighted by Crippen LogP contribution is -2.06. The summed E-state index contributed by atoms with van der Waals surface area (Å²) in [5.74, 6) is 3.09. The van der Waals surface area contributed by atoms with Gasteiger partial charge in [0.05, 0.1) is 27.8 Å². The van der Waals surface area contributed by atoms with Crippen LogP contribution < -0.4 is 0 Å². The maximum Gasteiger partial charge on any atom is 0.238 e. The van der Waals surface area contributed by atoms with Crippen molar-refractivity contribution in [3.8, 4) is 57.2 Å². The number of hydrogen-bond acceptors (Lipinski definition) is 5. The minimum atomic E-state index is 0.549. The van der Waals surface area contributed by atoms with Gasteiger partial charge in [-0.15, -0.1) is 0 Å². The summed E-state index contributed by atoms with van der Waals surface area (Å²) < 4.78 is 4.37. The van der Waals surface area contributed by atoms with E-state index in [4.69, 9.17) is 24.9 Å². The summed E-state index contributed by atoms with van der Waals surface area (Å²) in [6, 6.07) is 64.4. The third-order valence-electron chi connectivity index (χ3n) is 10.4. The van der Waals surface area contributed by atoms with Gasteiger partial charge in [-0.25, -0.2) is 15.0 Å². The molecule has 0 bridgehead atoms. The largest absolute Gasteiger partial charge is 0.294 e. The molecule has 0 saturated heterocycles. The summed E-state index contributed by atoms with van der Waals surface area (Å²) in [7, 11) is 0. The van der Waals surface area contributed by atoms with Crippen LogP contribution in [-0.4, -0.2) is 34.1 Å². The van der Waals surface area contributed by atoms with E-state index in [2.05, 4.69) is 137 Å². The molecular formula is C49H31N7. The number of nitrogens with zero attached hydrogens (tertiary/aromatic N) is 7. The van der Waals surface area contributed by atoms with Crippen LogP contribution in [0.2, 0.25) is 0 Å². The van der Waals surface area contributed by atoms with Gasteiger partial charge in [0.25, 0.3) is 0 Å². The van der Waals surface area contributed by atoms with Crippen molar-refractivity contribution in [1.82, 2.24) is 34.1 Å². The summed E-state index contributed by atoms with van der Waals surface area (Å²) in [5, 5.41) is 4.63. The molecule has 0 amide bonds. The first-order chi connectivity index (χ1) is 27.8. The van der Waals surface area contributed by atoms with Crippen LogP contribution in [0.25, 0.3) is 101 Å². The lowest BCUT2D eigenvalue weighted by atomic mass is 10.1. The first-order valence-electron chi connectivity index (χ1n) is 18.6. The smallest absolute Gasteiger partial charge is 0.238 e. The highest BCUT2D eigenvalue weighted by Gasteiger charge is 2.20. The third kappa shape index (κ3) is 5.25. The van der Waals surface area contributed by atoms with E-state index in [0.29, 0.717) is 23.4 Å². The number of aromatic nitrogens is 7. The number of para-hydroxylation sites is 4. The van der Waals surface area contributed by atoms with Crippen molar-refractivity contribution < 1.29 is 0 Å². The summed E-state index contributed by atoms with van der Waals surface area (Å²) in [6.45, 7) is 0. The van der Waals surface area contributed by atoms with Crippen LogP contribution in [0.4, 0.5) is 0 Å². The van der Waals surface area contributed by atoms with Crippen LogP contribution in [-0.2, 0) is 0 Å². The molecule has 0 aliphatic carbocycles. The molecule has 7 heteroatoms. The fourth-order valence-corrected chi connectivity index (χ4v) is 7.85. The normalized spacial score (nSPS) is 11.6. The summed E-state index contributed by atoms with van der Waals surface area (Å²) in [5.41, 5.74) is 8.66. The molecule has 0 atom stereocenters. The minimum absolute atomic E-state index is 0.549. The fraction of sp³-hybridized carbons (Fsp3) is 0. The van der Waals surface area contributed by atoms with Crippen molar-refractivity contribution >= 4 is 43.6 Å². The number of fused-ring (bicyclic) bond motifs is 6. The SMILES string of the molecule is c1ccc(-c2cc(-n3c4ccccc4c4ccccc43)nc(-c3cccc(-c4nc(-c5ccccc5)nc(-n5c6ccccc6c6ccccc65)n4)c3)n2)cc1. The molecule has 56 heavy (non-hydrogen) atoms. The van der Waals surface area contributed by atoms with E-state index in [9.17, 15) is 0 Å². The van der Waals surface area contributed by atoms with Gasteiger partial charge in [-0.1, -0.05) is 152 Å². The quantitative estimate of drug-likeness (QED) is 0.171. The van der Waals surface area contributed by atoms with E-state index in [1.165, 1.54) is 10.8 Å². The highest BCUT2D eigenvalue weighted by atomic mass is 15.2. The van der Waals surface area contributed by atoms with Gasteiger partial charge in [0, 0.05) is 49.9 Å². The Morgan fingerprint density at radius 2 is 0.696 bits per heavy atom. The lowest BCUT2D eigenvalue weighted by Gasteiger charge is -2.13. The molecule has 7 nitrogen and oxygen atoms in total. The first-order valence-corrected chi connectivity index (χ1v) is 18.6. The molecule has 4 aromatic heterocycles. The molecule has 0 radical (unpaired) electrons. The third-order valence-corrected chi connectivity index (χ3v) is 10.4. The van der Waals surface area contributed by atoms with Gasteiger partial charge < -0.3 is 0 Å². The van der Waals surface area contributed by atoms with E-state index < -0.39 is 0 Å². The van der Waals surface area contributed by atoms with Crippen molar-refractivity contribution in [2.24, 2.45) is 0 Å². The molecule has 0 aliphatic heterocycles. The Morgan fingerprint density at radius 3 is 1.23 bits per heavy atom. The number of rotatable bonds is 6. The van der Waals surface area contributed by atoms with Crippen LogP contribution in [0, 0.1) is 0 Å².